The van der Waals surface area contributed by atoms with E-state index in [-0.39, 0.29) is 31.6 Å². The number of benzene rings is 7. The molecule has 1 atom stereocenters. The topological polar surface area (TPSA) is 0 Å². The number of rotatable bonds is 4. The Labute approximate surface area is 311 Å². The number of hydrogen-bond donors (Lipinski definition) is 0. The second-order valence-corrected chi connectivity index (χ2v) is 17.5. The lowest BCUT2D eigenvalue weighted by Crippen LogP contribution is -2.24. The molecule has 1 heterocycles. The van der Waals surface area contributed by atoms with E-state index in [0.717, 1.165) is 6.42 Å². The van der Waals surface area contributed by atoms with Crippen LogP contribution in [-0.4, -0.2) is 4.01 Å². The highest BCUT2D eigenvalue weighted by atomic mass is 127. The Balaban J connectivity index is 1.11. The summed E-state index contributed by atoms with van der Waals surface area (Å²) in [5.74, 6) is 0. The van der Waals surface area contributed by atoms with E-state index >= 15 is 0 Å². The van der Waals surface area contributed by atoms with Gasteiger partial charge in [-0.15, -0.1) is 0 Å². The molecule has 0 bridgehead atoms. The normalized spacial score (nSPS) is 17.3. The molecule has 0 saturated heterocycles. The molecule has 7 aromatic rings. The monoisotopic (exact) mass is 766 g/mol. The van der Waals surface area contributed by atoms with Crippen LogP contribution in [0, 0.1) is 6.92 Å². The Morgan fingerprint density at radius 3 is 2.16 bits per heavy atom. The van der Waals surface area contributed by atoms with Gasteiger partial charge in [0.25, 0.3) is 0 Å². The standard InChI is InChI=1S/C50H39I/c1-31-15-16-33-27-37(19-17-32(33)25-31)40-11-8-12-43-47-38(9-7-14-45(47)49(2,3)48(40)43)29-50(4)44-13-6-5-10-41(44)42-22-21-35(28-46(42)50)34-18-20-39-30-51-24-23-36(39)26-34/h5-28,30H,29H2,1-4H3. The van der Waals surface area contributed by atoms with Crippen molar-refractivity contribution in [2.45, 2.75) is 44.9 Å². The van der Waals surface area contributed by atoms with Crippen molar-refractivity contribution in [2.24, 2.45) is 0 Å². The molecule has 1 aliphatic heterocycles. The van der Waals surface area contributed by atoms with E-state index < -0.39 is 0 Å². The molecule has 0 fully saturated rings. The van der Waals surface area contributed by atoms with Crippen molar-refractivity contribution in [3.05, 3.63) is 182 Å². The van der Waals surface area contributed by atoms with Crippen LogP contribution in [0.25, 0.3) is 61.4 Å². The van der Waals surface area contributed by atoms with E-state index in [1.165, 1.54) is 99.8 Å². The summed E-state index contributed by atoms with van der Waals surface area (Å²) in [5.41, 5.74) is 21.7. The fourth-order valence-electron chi connectivity index (χ4n) is 9.47. The molecule has 0 N–H and O–H groups in total. The van der Waals surface area contributed by atoms with Crippen molar-refractivity contribution in [1.82, 2.24) is 0 Å². The van der Waals surface area contributed by atoms with Gasteiger partial charge in [-0.25, -0.2) is 0 Å². The molecule has 0 amide bonds. The van der Waals surface area contributed by atoms with Crippen LogP contribution in [0.2, 0.25) is 0 Å². The van der Waals surface area contributed by atoms with Crippen LogP contribution in [0.1, 0.15) is 65.3 Å². The SMILES string of the molecule is Cc1ccc2cc(-c3cccc4c3C(C)(C)c3cccc(CC5(C)c6ccccc6-c6ccc(-c7ccc8c(c7)C=CI=C8)cc65)c3-4)ccc2c1. The summed E-state index contributed by atoms with van der Waals surface area (Å²) < 4.78 is 4.79. The van der Waals surface area contributed by atoms with Crippen molar-refractivity contribution in [2.75, 3.05) is 0 Å². The minimum absolute atomic E-state index is 0.0388. The average Bonchev–Trinajstić information content (AvgIpc) is 3.55. The van der Waals surface area contributed by atoms with Gasteiger partial charge in [0.05, 0.1) is 0 Å². The number of fused-ring (bicyclic) bond motifs is 8. The first-order chi connectivity index (χ1) is 24.8. The minimum atomic E-state index is -0.176. The van der Waals surface area contributed by atoms with Crippen molar-refractivity contribution in [3.63, 3.8) is 0 Å². The van der Waals surface area contributed by atoms with Gasteiger partial charge in [0.1, 0.15) is 0 Å². The predicted octanol–water partition coefficient (Wildman–Crippen LogP) is 13.4. The maximum atomic E-state index is 2.50. The summed E-state index contributed by atoms with van der Waals surface area (Å²) >= 11 is 0.0388. The van der Waals surface area contributed by atoms with Crippen molar-refractivity contribution < 1.29 is 0 Å². The summed E-state index contributed by atoms with van der Waals surface area (Å²) in [6.45, 7) is 9.51. The van der Waals surface area contributed by atoms with Crippen LogP contribution in [0.4, 0.5) is 0 Å². The highest BCUT2D eigenvalue weighted by molar-refractivity contribution is 14.2. The second-order valence-electron chi connectivity index (χ2n) is 15.4. The van der Waals surface area contributed by atoms with E-state index in [1.807, 2.05) is 0 Å². The van der Waals surface area contributed by atoms with Crippen LogP contribution in [0.15, 0.2) is 138 Å². The van der Waals surface area contributed by atoms with Crippen LogP contribution < -0.4 is 0 Å². The van der Waals surface area contributed by atoms with Gasteiger partial charge in [-0.3, -0.25) is 0 Å². The number of aryl methyl sites for hydroxylation is 1. The molecule has 0 saturated carbocycles. The van der Waals surface area contributed by atoms with Crippen LogP contribution in [0.5, 0.6) is 0 Å². The molecular formula is C50H39I. The van der Waals surface area contributed by atoms with Gasteiger partial charge in [-0.1, -0.05) is 162 Å². The zero-order chi connectivity index (χ0) is 34.5. The summed E-state index contributed by atoms with van der Waals surface area (Å²) in [6, 6.07) is 51.2. The van der Waals surface area contributed by atoms with E-state index in [4.69, 9.17) is 0 Å². The first-order valence-electron chi connectivity index (χ1n) is 18.1. The first kappa shape index (κ1) is 30.9. The van der Waals surface area contributed by atoms with Gasteiger partial charge < -0.3 is 0 Å². The summed E-state index contributed by atoms with van der Waals surface area (Å²) in [6.07, 6.45) is 3.26. The van der Waals surface area contributed by atoms with Gasteiger partial charge in [0, 0.05) is 10.8 Å². The zero-order valence-electron chi connectivity index (χ0n) is 29.5. The minimum Gasteiger partial charge on any atom is -0.0931 e. The molecule has 1 heteroatoms. The molecule has 51 heavy (non-hydrogen) atoms. The zero-order valence-corrected chi connectivity index (χ0v) is 31.7. The lowest BCUT2D eigenvalue weighted by Gasteiger charge is -2.29. The Hall–Kier alpha value is -4.86. The first-order valence-corrected chi connectivity index (χ1v) is 20.6. The summed E-state index contributed by atoms with van der Waals surface area (Å²) in [5, 5.41) is 2.59. The lowest BCUT2D eigenvalue weighted by molar-refractivity contribution is 0.583. The molecule has 1 unspecified atom stereocenters. The molecule has 0 aromatic heterocycles. The Morgan fingerprint density at radius 2 is 1.24 bits per heavy atom. The van der Waals surface area contributed by atoms with Crippen molar-refractivity contribution in [3.8, 4) is 44.5 Å². The van der Waals surface area contributed by atoms with Gasteiger partial charge >= 0.3 is 0 Å². The Bertz CT molecular complexity index is 2670. The van der Waals surface area contributed by atoms with E-state index in [9.17, 15) is 0 Å². The molecule has 10 rings (SSSR count). The van der Waals surface area contributed by atoms with Gasteiger partial charge in [-0.2, -0.15) is 0 Å². The predicted molar refractivity (Wildman–Crippen MR) is 227 cm³/mol. The third-order valence-electron chi connectivity index (χ3n) is 12.0. The van der Waals surface area contributed by atoms with Crippen LogP contribution in [0.3, 0.4) is 0 Å². The highest BCUT2D eigenvalue weighted by Crippen LogP contribution is 2.56. The summed E-state index contributed by atoms with van der Waals surface area (Å²) in [7, 11) is 0. The fraction of sp³-hybridized carbons (Fsp3) is 0.140. The fourth-order valence-corrected chi connectivity index (χ4v) is 11.2. The Morgan fingerprint density at radius 1 is 0.529 bits per heavy atom. The molecule has 2 aliphatic carbocycles. The smallest absolute Gasteiger partial charge is 0.0227 e. The van der Waals surface area contributed by atoms with Gasteiger partial charge in [0.15, 0.2) is 0 Å². The molecule has 0 radical (unpaired) electrons. The molecule has 246 valence electrons. The number of hydrogen-bond acceptors (Lipinski definition) is 0. The Kier molecular flexibility index (Phi) is 6.86. The maximum absolute atomic E-state index is 2.50. The number of halogens is 1. The summed E-state index contributed by atoms with van der Waals surface area (Å²) in [4.78, 5) is 0. The van der Waals surface area contributed by atoms with E-state index in [2.05, 4.69) is 175 Å². The van der Waals surface area contributed by atoms with Crippen molar-refractivity contribution >= 4 is 41.6 Å². The lowest BCUT2D eigenvalue weighted by atomic mass is 9.73. The third-order valence-corrected chi connectivity index (χ3v) is 13.8. The maximum Gasteiger partial charge on any atom is 0.0227 e. The third kappa shape index (κ3) is 4.67. The quantitative estimate of drug-likeness (QED) is 0.157. The van der Waals surface area contributed by atoms with Crippen molar-refractivity contribution in [1.29, 1.82) is 0 Å². The average molecular weight is 767 g/mol. The molecule has 0 nitrogen and oxygen atoms in total. The highest BCUT2D eigenvalue weighted by Gasteiger charge is 2.43. The molecule has 3 aliphatic rings. The largest absolute Gasteiger partial charge is 0.0931 e. The van der Waals surface area contributed by atoms with Crippen LogP contribution in [-0.2, 0) is 17.3 Å². The molecular weight excluding hydrogens is 727 g/mol. The van der Waals surface area contributed by atoms with Gasteiger partial charge in [-0.05, 0) is 140 Å². The molecule has 7 aromatic carbocycles. The van der Waals surface area contributed by atoms with E-state index in [1.54, 1.807) is 0 Å². The van der Waals surface area contributed by atoms with E-state index in [0.29, 0.717) is 0 Å². The molecule has 0 spiro atoms. The van der Waals surface area contributed by atoms with Crippen LogP contribution >= 0.6 is 20.7 Å². The van der Waals surface area contributed by atoms with Gasteiger partial charge in [0.2, 0.25) is 0 Å². The second kappa shape index (κ2) is 11.3.